The van der Waals surface area contributed by atoms with E-state index in [-0.39, 0.29) is 18.5 Å². The topological polar surface area (TPSA) is 48.1 Å². The highest BCUT2D eigenvalue weighted by atomic mass is 19.1. The van der Waals surface area contributed by atoms with E-state index in [1.807, 2.05) is 13.0 Å². The summed E-state index contributed by atoms with van der Waals surface area (Å²) in [7, 11) is 0. The van der Waals surface area contributed by atoms with Crippen LogP contribution in [0.3, 0.4) is 0 Å². The fourth-order valence-electron chi connectivity index (χ4n) is 1.63. The summed E-state index contributed by atoms with van der Waals surface area (Å²) in [5.74, 6) is 0.173. The predicted octanol–water partition coefficient (Wildman–Crippen LogP) is 2.82. The zero-order valence-electron chi connectivity index (χ0n) is 10.1. The van der Waals surface area contributed by atoms with Gasteiger partial charge in [0.25, 0.3) is 0 Å². The second-order valence-electron chi connectivity index (χ2n) is 4.07. The molecule has 0 aliphatic heterocycles. The van der Waals surface area contributed by atoms with E-state index in [1.165, 1.54) is 6.07 Å². The Kier molecular flexibility index (Phi) is 3.89. The number of nitrogens with zero attached hydrogens (tertiary/aromatic N) is 1. The summed E-state index contributed by atoms with van der Waals surface area (Å²) in [6.45, 7) is 2.00. The Balaban J connectivity index is 2.14. The fraction of sp³-hybridized carbons (Fsp3) is 0.214. The van der Waals surface area contributed by atoms with Crippen molar-refractivity contribution in [3.63, 3.8) is 0 Å². The van der Waals surface area contributed by atoms with Gasteiger partial charge in [0.05, 0.1) is 0 Å². The van der Waals surface area contributed by atoms with Crippen LogP contribution in [0.15, 0.2) is 42.6 Å². The first kappa shape index (κ1) is 12.5. The second kappa shape index (κ2) is 5.60. The maximum atomic E-state index is 13.4. The molecule has 2 aromatic rings. The molecule has 1 heterocycles. The zero-order chi connectivity index (χ0) is 13.0. The molecule has 1 aromatic carbocycles. The minimum Gasteiger partial charge on any atom is -0.472 e. The van der Waals surface area contributed by atoms with Crippen molar-refractivity contribution in [1.29, 1.82) is 0 Å². The zero-order valence-corrected chi connectivity index (χ0v) is 10.1. The Morgan fingerprint density at radius 2 is 2.06 bits per heavy atom. The van der Waals surface area contributed by atoms with Crippen LogP contribution in [-0.2, 0) is 6.61 Å². The smallest absolute Gasteiger partial charge is 0.218 e. The fourth-order valence-corrected chi connectivity index (χ4v) is 1.63. The van der Waals surface area contributed by atoms with E-state index in [1.54, 1.807) is 30.5 Å². The lowest BCUT2D eigenvalue weighted by molar-refractivity contribution is 0.283. The van der Waals surface area contributed by atoms with Gasteiger partial charge >= 0.3 is 0 Å². The number of aromatic nitrogens is 1. The number of hydrogen-bond donors (Lipinski definition) is 1. The van der Waals surface area contributed by atoms with Crippen LogP contribution in [0.25, 0.3) is 0 Å². The van der Waals surface area contributed by atoms with E-state index in [2.05, 4.69) is 4.98 Å². The number of halogens is 1. The van der Waals surface area contributed by atoms with Gasteiger partial charge in [0.15, 0.2) is 0 Å². The van der Waals surface area contributed by atoms with Crippen molar-refractivity contribution in [3.05, 3.63) is 59.5 Å². The summed E-state index contributed by atoms with van der Waals surface area (Å²) in [6.07, 6.45) is 1.63. The molecule has 1 aromatic heterocycles. The van der Waals surface area contributed by atoms with Gasteiger partial charge in [-0.05, 0) is 19.1 Å². The maximum Gasteiger partial charge on any atom is 0.218 e. The van der Waals surface area contributed by atoms with Crippen molar-refractivity contribution in [2.45, 2.75) is 19.6 Å². The van der Waals surface area contributed by atoms with E-state index in [4.69, 9.17) is 10.5 Å². The molecule has 0 amide bonds. The van der Waals surface area contributed by atoms with Crippen molar-refractivity contribution in [2.24, 2.45) is 5.73 Å². The molecule has 2 N–H and O–H groups in total. The maximum absolute atomic E-state index is 13.4. The molecule has 0 fully saturated rings. The predicted molar refractivity (Wildman–Crippen MR) is 67.6 cm³/mol. The number of nitrogens with two attached hydrogens (primary N) is 1. The van der Waals surface area contributed by atoms with Gasteiger partial charge in [0.2, 0.25) is 5.88 Å². The van der Waals surface area contributed by atoms with Crippen LogP contribution >= 0.6 is 0 Å². The average molecular weight is 246 g/mol. The first-order valence-electron chi connectivity index (χ1n) is 5.75. The van der Waals surface area contributed by atoms with Crippen molar-refractivity contribution >= 4 is 0 Å². The quantitative estimate of drug-likeness (QED) is 0.902. The Bertz CT molecular complexity index is 529. The Morgan fingerprint density at radius 1 is 1.28 bits per heavy atom. The molecule has 0 saturated carbocycles. The van der Waals surface area contributed by atoms with Crippen molar-refractivity contribution in [2.75, 3.05) is 0 Å². The van der Waals surface area contributed by atoms with Crippen LogP contribution in [0.4, 0.5) is 4.39 Å². The van der Waals surface area contributed by atoms with E-state index in [0.717, 1.165) is 5.56 Å². The first-order chi connectivity index (χ1) is 8.68. The summed E-state index contributed by atoms with van der Waals surface area (Å²) >= 11 is 0. The third-order valence-corrected chi connectivity index (χ3v) is 2.61. The molecule has 3 nitrogen and oxygen atoms in total. The lowest BCUT2D eigenvalue weighted by Gasteiger charge is -2.12. The SMILES string of the molecule is C[C@H](N)c1cccnc1OCc1ccccc1F. The lowest BCUT2D eigenvalue weighted by atomic mass is 10.1. The largest absolute Gasteiger partial charge is 0.472 e. The second-order valence-corrected chi connectivity index (χ2v) is 4.07. The van der Waals surface area contributed by atoms with Gasteiger partial charge < -0.3 is 10.5 Å². The standard InChI is InChI=1S/C14H15FN2O/c1-10(16)12-6-4-8-17-14(12)18-9-11-5-2-3-7-13(11)15/h2-8,10H,9,16H2,1H3/t10-/m0/s1. The summed E-state index contributed by atoms with van der Waals surface area (Å²) < 4.78 is 19.0. The van der Waals surface area contributed by atoms with Gasteiger partial charge in [-0.2, -0.15) is 0 Å². The molecular weight excluding hydrogens is 231 g/mol. The third kappa shape index (κ3) is 2.84. The van der Waals surface area contributed by atoms with Crippen LogP contribution in [0.2, 0.25) is 0 Å². The Hall–Kier alpha value is -1.94. The number of benzene rings is 1. The molecule has 0 bridgehead atoms. The highest BCUT2D eigenvalue weighted by molar-refractivity contribution is 5.28. The molecule has 2 rings (SSSR count). The summed E-state index contributed by atoms with van der Waals surface area (Å²) in [6, 6.07) is 9.99. The Morgan fingerprint density at radius 3 is 2.78 bits per heavy atom. The van der Waals surface area contributed by atoms with E-state index in [9.17, 15) is 4.39 Å². The summed E-state index contributed by atoms with van der Waals surface area (Å²) in [5.41, 5.74) is 7.13. The molecule has 0 spiro atoms. The molecule has 18 heavy (non-hydrogen) atoms. The number of hydrogen-bond acceptors (Lipinski definition) is 3. The van der Waals surface area contributed by atoms with Crippen LogP contribution in [0.1, 0.15) is 24.1 Å². The van der Waals surface area contributed by atoms with Crippen molar-refractivity contribution < 1.29 is 9.13 Å². The summed E-state index contributed by atoms with van der Waals surface area (Å²) in [4.78, 5) is 4.12. The molecule has 0 unspecified atom stereocenters. The first-order valence-corrected chi connectivity index (χ1v) is 5.75. The van der Waals surface area contributed by atoms with Crippen molar-refractivity contribution in [3.8, 4) is 5.88 Å². The lowest BCUT2D eigenvalue weighted by Crippen LogP contribution is -2.09. The Labute approximate surface area is 105 Å². The molecular formula is C14H15FN2O. The highest BCUT2D eigenvalue weighted by Gasteiger charge is 2.09. The minimum absolute atomic E-state index is 0.142. The van der Waals surface area contributed by atoms with Crippen LogP contribution in [-0.4, -0.2) is 4.98 Å². The van der Waals surface area contributed by atoms with Crippen molar-refractivity contribution in [1.82, 2.24) is 4.98 Å². The van der Waals surface area contributed by atoms with Gasteiger partial charge in [0, 0.05) is 23.4 Å². The van der Waals surface area contributed by atoms with Gasteiger partial charge in [-0.25, -0.2) is 9.37 Å². The number of pyridine rings is 1. The molecule has 0 saturated heterocycles. The monoisotopic (exact) mass is 246 g/mol. The molecule has 94 valence electrons. The van der Waals surface area contributed by atoms with Gasteiger partial charge in [-0.3, -0.25) is 0 Å². The van der Waals surface area contributed by atoms with E-state index >= 15 is 0 Å². The van der Waals surface area contributed by atoms with Crippen LogP contribution in [0, 0.1) is 5.82 Å². The molecule has 0 aliphatic carbocycles. The van der Waals surface area contributed by atoms with Gasteiger partial charge in [-0.1, -0.05) is 24.3 Å². The van der Waals surface area contributed by atoms with Gasteiger partial charge in [-0.15, -0.1) is 0 Å². The van der Waals surface area contributed by atoms with Crippen LogP contribution < -0.4 is 10.5 Å². The number of rotatable bonds is 4. The van der Waals surface area contributed by atoms with Crippen LogP contribution in [0.5, 0.6) is 5.88 Å². The third-order valence-electron chi connectivity index (χ3n) is 2.61. The van der Waals surface area contributed by atoms with E-state index in [0.29, 0.717) is 11.4 Å². The van der Waals surface area contributed by atoms with E-state index < -0.39 is 0 Å². The average Bonchev–Trinajstić information content (AvgIpc) is 2.38. The van der Waals surface area contributed by atoms with Gasteiger partial charge in [0.1, 0.15) is 12.4 Å². The molecule has 0 radical (unpaired) electrons. The highest BCUT2D eigenvalue weighted by Crippen LogP contribution is 2.21. The minimum atomic E-state index is -0.282. The molecule has 4 heteroatoms. The summed E-state index contributed by atoms with van der Waals surface area (Å²) in [5, 5.41) is 0. The molecule has 1 atom stereocenters. The number of ether oxygens (including phenoxy) is 1. The normalized spacial score (nSPS) is 12.2. The molecule has 0 aliphatic rings.